The van der Waals surface area contributed by atoms with Gasteiger partial charge in [0.05, 0.1) is 6.10 Å². The number of aliphatic hydroxyl groups excluding tert-OH is 1. The van der Waals surface area contributed by atoms with E-state index in [9.17, 15) is 5.11 Å². The monoisotopic (exact) mass is 293 g/mol. The van der Waals surface area contributed by atoms with Gasteiger partial charge in [0.15, 0.2) is 11.5 Å². The zero-order chi connectivity index (χ0) is 15.2. The van der Waals surface area contributed by atoms with Gasteiger partial charge < -0.3 is 19.9 Å². The van der Waals surface area contributed by atoms with Gasteiger partial charge >= 0.3 is 0 Å². The lowest BCUT2D eigenvalue weighted by Crippen LogP contribution is -2.27. The minimum Gasteiger partial charge on any atom is -0.486 e. The van der Waals surface area contributed by atoms with Crippen molar-refractivity contribution in [2.45, 2.75) is 45.8 Å². The summed E-state index contributed by atoms with van der Waals surface area (Å²) in [4.78, 5) is 0. The summed E-state index contributed by atoms with van der Waals surface area (Å²) in [7, 11) is 0. The van der Waals surface area contributed by atoms with E-state index in [0.717, 1.165) is 30.9 Å². The standard InChI is InChI=1S/C17H27NO3/c1-4-15(18-11-12(2)9-13(3)19)14-5-6-16-17(10-14)21-8-7-20-16/h5-6,10,12-13,15,18-19H,4,7-9,11H2,1-3H3. The molecule has 0 spiro atoms. The number of hydrogen-bond acceptors (Lipinski definition) is 4. The second-order valence-electron chi connectivity index (χ2n) is 5.96. The first-order chi connectivity index (χ1) is 10.1. The van der Waals surface area contributed by atoms with Crippen LogP contribution in [0.1, 0.15) is 45.2 Å². The lowest BCUT2D eigenvalue weighted by Gasteiger charge is -2.24. The van der Waals surface area contributed by atoms with E-state index in [2.05, 4.69) is 31.3 Å². The summed E-state index contributed by atoms with van der Waals surface area (Å²) in [6, 6.07) is 6.48. The Hall–Kier alpha value is -1.26. The molecule has 2 N–H and O–H groups in total. The SMILES string of the molecule is CCC(NCC(C)CC(C)O)c1ccc2c(c1)OCCO2. The highest BCUT2D eigenvalue weighted by Crippen LogP contribution is 2.33. The van der Waals surface area contributed by atoms with Crippen LogP contribution in [0.25, 0.3) is 0 Å². The van der Waals surface area contributed by atoms with Gasteiger partial charge in [0.2, 0.25) is 0 Å². The molecule has 0 aromatic heterocycles. The van der Waals surface area contributed by atoms with Crippen LogP contribution in [-0.4, -0.2) is 31.0 Å². The molecule has 3 unspecified atom stereocenters. The zero-order valence-electron chi connectivity index (χ0n) is 13.3. The molecule has 3 atom stereocenters. The molecule has 21 heavy (non-hydrogen) atoms. The number of ether oxygens (including phenoxy) is 2. The Bertz CT molecular complexity index is 448. The summed E-state index contributed by atoms with van der Waals surface area (Å²) in [6.45, 7) is 8.32. The molecule has 0 aliphatic carbocycles. The summed E-state index contributed by atoms with van der Waals surface area (Å²) in [6.07, 6.45) is 1.60. The van der Waals surface area contributed by atoms with Gasteiger partial charge in [-0.25, -0.2) is 0 Å². The topological polar surface area (TPSA) is 50.7 Å². The maximum Gasteiger partial charge on any atom is 0.161 e. The Labute approximate surface area is 127 Å². The smallest absolute Gasteiger partial charge is 0.161 e. The number of hydrogen-bond donors (Lipinski definition) is 2. The molecule has 0 bridgehead atoms. The minimum absolute atomic E-state index is 0.240. The molecular formula is C17H27NO3. The third kappa shape index (κ3) is 4.61. The van der Waals surface area contributed by atoms with Crippen molar-refractivity contribution in [3.63, 3.8) is 0 Å². The van der Waals surface area contributed by atoms with E-state index in [4.69, 9.17) is 9.47 Å². The van der Waals surface area contributed by atoms with Crippen molar-refractivity contribution in [1.82, 2.24) is 5.32 Å². The van der Waals surface area contributed by atoms with Gasteiger partial charge in [0.25, 0.3) is 0 Å². The minimum atomic E-state index is -0.240. The third-order valence-electron chi connectivity index (χ3n) is 3.83. The van der Waals surface area contributed by atoms with Crippen LogP contribution < -0.4 is 14.8 Å². The zero-order valence-corrected chi connectivity index (χ0v) is 13.3. The predicted molar refractivity (Wildman–Crippen MR) is 83.9 cm³/mol. The Morgan fingerprint density at radius 2 is 1.90 bits per heavy atom. The molecular weight excluding hydrogens is 266 g/mol. The largest absolute Gasteiger partial charge is 0.486 e. The van der Waals surface area contributed by atoms with Gasteiger partial charge in [-0.1, -0.05) is 19.9 Å². The molecule has 4 nitrogen and oxygen atoms in total. The van der Waals surface area contributed by atoms with E-state index in [1.165, 1.54) is 5.56 Å². The van der Waals surface area contributed by atoms with Crippen LogP contribution in [0.5, 0.6) is 11.5 Å². The number of fused-ring (bicyclic) bond motifs is 1. The van der Waals surface area contributed by atoms with E-state index < -0.39 is 0 Å². The molecule has 1 aromatic rings. The molecule has 0 amide bonds. The number of aliphatic hydroxyl groups is 1. The second-order valence-corrected chi connectivity index (χ2v) is 5.96. The first-order valence-corrected chi connectivity index (χ1v) is 7.91. The highest BCUT2D eigenvalue weighted by atomic mass is 16.6. The van der Waals surface area contributed by atoms with Crippen LogP contribution >= 0.6 is 0 Å². The Balaban J connectivity index is 1.97. The summed E-state index contributed by atoms with van der Waals surface area (Å²) in [5.41, 5.74) is 1.23. The normalized spacial score (nSPS) is 18.1. The maximum absolute atomic E-state index is 9.44. The molecule has 1 aliphatic heterocycles. The molecule has 4 heteroatoms. The summed E-state index contributed by atoms with van der Waals surface area (Å²) in [5.74, 6) is 2.13. The highest BCUT2D eigenvalue weighted by Gasteiger charge is 2.16. The Kier molecular flexibility index (Phi) is 5.88. The van der Waals surface area contributed by atoms with Gasteiger partial charge in [-0.3, -0.25) is 0 Å². The number of benzene rings is 1. The lowest BCUT2D eigenvalue weighted by molar-refractivity contribution is 0.162. The predicted octanol–water partition coefficient (Wildman–Crippen LogP) is 2.91. The van der Waals surface area contributed by atoms with Crippen LogP contribution in [0.3, 0.4) is 0 Å². The van der Waals surface area contributed by atoms with Crippen LogP contribution in [0.2, 0.25) is 0 Å². The van der Waals surface area contributed by atoms with E-state index in [0.29, 0.717) is 25.2 Å². The van der Waals surface area contributed by atoms with E-state index in [-0.39, 0.29) is 6.10 Å². The fourth-order valence-electron chi connectivity index (χ4n) is 2.78. The molecule has 0 fully saturated rings. The summed E-state index contributed by atoms with van der Waals surface area (Å²) in [5, 5.41) is 13.0. The molecule has 0 radical (unpaired) electrons. The molecule has 1 heterocycles. The molecule has 118 valence electrons. The van der Waals surface area contributed by atoms with Crippen LogP contribution in [0, 0.1) is 5.92 Å². The fraction of sp³-hybridized carbons (Fsp3) is 0.647. The van der Waals surface area contributed by atoms with Crippen molar-refractivity contribution in [2.24, 2.45) is 5.92 Å². The van der Waals surface area contributed by atoms with E-state index in [1.54, 1.807) is 0 Å². The van der Waals surface area contributed by atoms with Gasteiger partial charge in [-0.05, 0) is 49.9 Å². The van der Waals surface area contributed by atoms with Crippen molar-refractivity contribution >= 4 is 0 Å². The molecule has 0 saturated heterocycles. The Morgan fingerprint density at radius 1 is 1.19 bits per heavy atom. The van der Waals surface area contributed by atoms with Crippen LogP contribution in [-0.2, 0) is 0 Å². The molecule has 2 rings (SSSR count). The first-order valence-electron chi connectivity index (χ1n) is 7.91. The van der Waals surface area contributed by atoms with Crippen molar-refractivity contribution in [3.05, 3.63) is 23.8 Å². The number of nitrogens with one attached hydrogen (secondary N) is 1. The van der Waals surface area contributed by atoms with Crippen molar-refractivity contribution in [2.75, 3.05) is 19.8 Å². The maximum atomic E-state index is 9.44. The molecule has 1 aromatic carbocycles. The van der Waals surface area contributed by atoms with Crippen molar-refractivity contribution in [3.8, 4) is 11.5 Å². The average Bonchev–Trinajstić information content (AvgIpc) is 2.47. The number of rotatable bonds is 7. The second kappa shape index (κ2) is 7.66. The van der Waals surface area contributed by atoms with Gasteiger partial charge in [-0.2, -0.15) is 0 Å². The first kappa shape index (κ1) is 16.1. The molecule has 0 saturated carbocycles. The van der Waals surface area contributed by atoms with Crippen molar-refractivity contribution < 1.29 is 14.6 Å². The third-order valence-corrected chi connectivity index (χ3v) is 3.83. The lowest BCUT2D eigenvalue weighted by atomic mass is 10.0. The van der Waals surface area contributed by atoms with Crippen LogP contribution in [0.4, 0.5) is 0 Å². The van der Waals surface area contributed by atoms with Gasteiger partial charge in [0.1, 0.15) is 13.2 Å². The van der Waals surface area contributed by atoms with E-state index in [1.807, 2.05) is 13.0 Å². The average molecular weight is 293 g/mol. The quantitative estimate of drug-likeness (QED) is 0.811. The van der Waals surface area contributed by atoms with Gasteiger partial charge in [-0.15, -0.1) is 0 Å². The van der Waals surface area contributed by atoms with E-state index >= 15 is 0 Å². The van der Waals surface area contributed by atoms with Crippen molar-refractivity contribution in [1.29, 1.82) is 0 Å². The Morgan fingerprint density at radius 3 is 2.57 bits per heavy atom. The van der Waals surface area contributed by atoms with Crippen LogP contribution in [0.15, 0.2) is 18.2 Å². The fourth-order valence-corrected chi connectivity index (χ4v) is 2.78. The highest BCUT2D eigenvalue weighted by molar-refractivity contribution is 5.44. The summed E-state index contributed by atoms with van der Waals surface area (Å²) >= 11 is 0. The van der Waals surface area contributed by atoms with Gasteiger partial charge in [0, 0.05) is 6.04 Å². The molecule has 1 aliphatic rings. The summed E-state index contributed by atoms with van der Waals surface area (Å²) < 4.78 is 11.2.